The molecule has 0 aliphatic heterocycles. The highest BCUT2D eigenvalue weighted by molar-refractivity contribution is 5.76. The van der Waals surface area contributed by atoms with E-state index in [1.165, 1.54) is 0 Å². The number of nitrogens with zero attached hydrogens (tertiary/aromatic N) is 1. The first kappa shape index (κ1) is 11.5. The van der Waals surface area contributed by atoms with Gasteiger partial charge >= 0.3 is 0 Å². The molecule has 0 bridgehead atoms. The summed E-state index contributed by atoms with van der Waals surface area (Å²) in [7, 11) is 3.54. The molecule has 1 N–H and O–H groups in total. The van der Waals surface area contributed by atoms with Gasteiger partial charge in [-0.25, -0.2) is 0 Å². The number of hydrogen-bond acceptors (Lipinski definition) is 4. The summed E-state index contributed by atoms with van der Waals surface area (Å²) in [5.74, 6) is 1.62. The Bertz CT molecular complexity index is 513. The Balaban J connectivity index is 2.59. The van der Waals surface area contributed by atoms with E-state index >= 15 is 0 Å². The molecule has 0 amide bonds. The highest BCUT2D eigenvalue weighted by Gasteiger charge is 2.15. The van der Waals surface area contributed by atoms with Crippen LogP contribution in [-0.4, -0.2) is 19.3 Å². The third kappa shape index (κ3) is 1.98. The van der Waals surface area contributed by atoms with Crippen LogP contribution < -0.4 is 10.1 Å². The molecule has 0 saturated carbocycles. The van der Waals surface area contributed by atoms with Crippen molar-refractivity contribution in [3.63, 3.8) is 0 Å². The summed E-state index contributed by atoms with van der Waals surface area (Å²) in [4.78, 5) is 0. The first-order chi connectivity index (χ1) is 8.17. The van der Waals surface area contributed by atoms with Gasteiger partial charge < -0.3 is 14.6 Å². The molecule has 1 aromatic heterocycles. The van der Waals surface area contributed by atoms with Crippen molar-refractivity contribution in [2.24, 2.45) is 0 Å². The average molecular weight is 232 g/mol. The zero-order valence-corrected chi connectivity index (χ0v) is 10.5. The van der Waals surface area contributed by atoms with E-state index < -0.39 is 0 Å². The summed E-state index contributed by atoms with van der Waals surface area (Å²) in [6.45, 7) is 3.83. The van der Waals surface area contributed by atoms with Crippen LogP contribution in [0.2, 0.25) is 0 Å². The Morgan fingerprint density at radius 1 is 1.29 bits per heavy atom. The molecule has 0 saturated heterocycles. The van der Waals surface area contributed by atoms with Gasteiger partial charge in [-0.3, -0.25) is 0 Å². The summed E-state index contributed by atoms with van der Waals surface area (Å²) in [6.07, 6.45) is 0. The molecule has 4 heteroatoms. The van der Waals surface area contributed by atoms with E-state index in [4.69, 9.17) is 9.26 Å². The molecule has 0 aliphatic carbocycles. The topological polar surface area (TPSA) is 47.3 Å². The number of ether oxygens (including phenoxy) is 1. The van der Waals surface area contributed by atoms with Crippen molar-refractivity contribution in [1.29, 1.82) is 0 Å². The maximum absolute atomic E-state index is 5.41. The zero-order chi connectivity index (χ0) is 12.4. The van der Waals surface area contributed by atoms with Crippen LogP contribution in [0.25, 0.3) is 11.1 Å². The van der Waals surface area contributed by atoms with Crippen LogP contribution in [0, 0.1) is 13.8 Å². The molecule has 0 aliphatic rings. The lowest BCUT2D eigenvalue weighted by Gasteiger charge is -2.10. The zero-order valence-electron chi connectivity index (χ0n) is 10.5. The third-order valence-electron chi connectivity index (χ3n) is 2.79. The van der Waals surface area contributed by atoms with Crippen molar-refractivity contribution in [2.75, 3.05) is 19.5 Å². The Kier molecular flexibility index (Phi) is 3.04. The molecule has 0 fully saturated rings. The summed E-state index contributed by atoms with van der Waals surface area (Å²) in [6, 6.07) is 5.97. The molecule has 1 heterocycles. The van der Waals surface area contributed by atoms with Gasteiger partial charge in [-0.2, -0.15) is 0 Å². The normalized spacial score (nSPS) is 10.4. The molecular formula is C13H16N2O2. The molecular weight excluding hydrogens is 216 g/mol. The van der Waals surface area contributed by atoms with E-state index in [0.717, 1.165) is 34.0 Å². The van der Waals surface area contributed by atoms with Gasteiger partial charge in [0, 0.05) is 24.4 Å². The summed E-state index contributed by atoms with van der Waals surface area (Å²) < 4.78 is 10.6. The Morgan fingerprint density at radius 3 is 2.59 bits per heavy atom. The largest absolute Gasteiger partial charge is 0.496 e. The lowest BCUT2D eigenvalue weighted by Crippen LogP contribution is -1.93. The number of anilines is 1. The number of nitrogens with one attached hydrogen (secondary N) is 1. The molecule has 0 atom stereocenters. The summed E-state index contributed by atoms with van der Waals surface area (Å²) in [5.41, 5.74) is 3.89. The van der Waals surface area contributed by atoms with Crippen LogP contribution in [0.4, 0.5) is 5.69 Å². The van der Waals surface area contributed by atoms with Crippen LogP contribution in [-0.2, 0) is 0 Å². The van der Waals surface area contributed by atoms with Gasteiger partial charge in [0.25, 0.3) is 0 Å². The first-order valence-corrected chi connectivity index (χ1v) is 5.46. The van der Waals surface area contributed by atoms with Gasteiger partial charge in [0.2, 0.25) is 0 Å². The van der Waals surface area contributed by atoms with Crippen molar-refractivity contribution < 1.29 is 9.26 Å². The van der Waals surface area contributed by atoms with Gasteiger partial charge in [-0.1, -0.05) is 5.16 Å². The second-order valence-corrected chi connectivity index (χ2v) is 3.86. The first-order valence-electron chi connectivity index (χ1n) is 5.46. The minimum Gasteiger partial charge on any atom is -0.496 e. The van der Waals surface area contributed by atoms with Gasteiger partial charge in [-0.15, -0.1) is 0 Å². The Hall–Kier alpha value is -1.97. The standard InChI is InChI=1S/C13H16N2O2/c1-8-13(9(2)17-15-8)11-6-5-10(14-3)7-12(11)16-4/h5-7,14H,1-4H3. The van der Waals surface area contributed by atoms with Crippen LogP contribution in [0.15, 0.2) is 22.7 Å². The van der Waals surface area contributed by atoms with Crippen molar-refractivity contribution in [2.45, 2.75) is 13.8 Å². The fraction of sp³-hybridized carbons (Fsp3) is 0.308. The molecule has 90 valence electrons. The highest BCUT2D eigenvalue weighted by Crippen LogP contribution is 2.35. The smallest absolute Gasteiger partial charge is 0.141 e. The van der Waals surface area contributed by atoms with Gasteiger partial charge in [-0.05, 0) is 26.0 Å². The van der Waals surface area contributed by atoms with Gasteiger partial charge in [0.15, 0.2) is 0 Å². The minimum atomic E-state index is 0.804. The minimum absolute atomic E-state index is 0.804. The van der Waals surface area contributed by atoms with Gasteiger partial charge in [0.05, 0.1) is 18.4 Å². The van der Waals surface area contributed by atoms with Crippen molar-refractivity contribution >= 4 is 5.69 Å². The summed E-state index contributed by atoms with van der Waals surface area (Å²) >= 11 is 0. The number of aromatic nitrogens is 1. The van der Waals surface area contributed by atoms with Crippen LogP contribution in [0.5, 0.6) is 5.75 Å². The molecule has 0 radical (unpaired) electrons. The third-order valence-corrected chi connectivity index (χ3v) is 2.79. The van der Waals surface area contributed by atoms with Crippen LogP contribution >= 0.6 is 0 Å². The maximum atomic E-state index is 5.41. The number of benzene rings is 1. The van der Waals surface area contributed by atoms with E-state index in [1.807, 2.05) is 39.1 Å². The molecule has 0 unspecified atom stereocenters. The van der Waals surface area contributed by atoms with E-state index in [1.54, 1.807) is 7.11 Å². The number of methoxy groups -OCH3 is 1. The second-order valence-electron chi connectivity index (χ2n) is 3.86. The van der Waals surface area contributed by atoms with Crippen LogP contribution in [0.1, 0.15) is 11.5 Å². The average Bonchev–Trinajstić information content (AvgIpc) is 2.68. The second kappa shape index (κ2) is 4.49. The fourth-order valence-corrected chi connectivity index (χ4v) is 1.92. The molecule has 2 aromatic rings. The number of hydrogen-bond donors (Lipinski definition) is 1. The predicted molar refractivity (Wildman–Crippen MR) is 67.5 cm³/mol. The van der Waals surface area contributed by atoms with E-state index in [9.17, 15) is 0 Å². The van der Waals surface area contributed by atoms with E-state index in [0.29, 0.717) is 0 Å². The lowest BCUT2D eigenvalue weighted by molar-refractivity contribution is 0.393. The van der Waals surface area contributed by atoms with Crippen molar-refractivity contribution in [1.82, 2.24) is 5.16 Å². The Labute approximate surface area is 101 Å². The molecule has 4 nitrogen and oxygen atoms in total. The quantitative estimate of drug-likeness (QED) is 0.883. The lowest BCUT2D eigenvalue weighted by atomic mass is 10.0. The van der Waals surface area contributed by atoms with Gasteiger partial charge in [0.1, 0.15) is 11.5 Å². The monoisotopic (exact) mass is 232 g/mol. The molecule has 17 heavy (non-hydrogen) atoms. The molecule has 1 aromatic carbocycles. The van der Waals surface area contributed by atoms with Crippen LogP contribution in [0.3, 0.4) is 0 Å². The maximum Gasteiger partial charge on any atom is 0.141 e. The SMILES string of the molecule is CNc1ccc(-c2c(C)noc2C)c(OC)c1. The number of rotatable bonds is 3. The predicted octanol–water partition coefficient (Wildman–Crippen LogP) is 3.01. The fourth-order valence-electron chi connectivity index (χ4n) is 1.92. The molecule has 0 spiro atoms. The molecule has 2 rings (SSSR count). The van der Waals surface area contributed by atoms with Crippen molar-refractivity contribution in [3.05, 3.63) is 29.7 Å². The van der Waals surface area contributed by atoms with E-state index in [-0.39, 0.29) is 0 Å². The number of aryl methyl sites for hydroxylation is 2. The summed E-state index contributed by atoms with van der Waals surface area (Å²) in [5, 5.41) is 7.05. The Morgan fingerprint density at radius 2 is 2.06 bits per heavy atom. The van der Waals surface area contributed by atoms with Crippen molar-refractivity contribution in [3.8, 4) is 16.9 Å². The highest BCUT2D eigenvalue weighted by atomic mass is 16.5. The van der Waals surface area contributed by atoms with E-state index in [2.05, 4.69) is 10.5 Å².